The van der Waals surface area contributed by atoms with E-state index in [9.17, 15) is 35.9 Å². The molecule has 1 unspecified atom stereocenters. The number of carbonyl (C=O) groups excluding carboxylic acids is 2. The zero-order valence-electron chi connectivity index (χ0n) is 18.5. The second kappa shape index (κ2) is 11.2. The molecular formula is C24H17BrCl3F6NO2. The summed E-state index contributed by atoms with van der Waals surface area (Å²) in [5.41, 5.74) is -0.933. The van der Waals surface area contributed by atoms with Gasteiger partial charge >= 0.3 is 12.4 Å². The van der Waals surface area contributed by atoms with Gasteiger partial charge in [-0.1, -0.05) is 69.0 Å². The Bertz CT molecular complexity index is 1220. The SMILES string of the molecule is O=C(CC1(C(=O)NCC(F)(F)F)CC1)c1ccc(/C=C/C(c2cc(Cl)c(Cl)c(Cl)c2)C(F)(F)F)cc1Br. The average Bonchev–Trinajstić information content (AvgIpc) is 3.55. The zero-order valence-corrected chi connectivity index (χ0v) is 22.4. The van der Waals surface area contributed by atoms with Crippen LogP contribution in [-0.2, 0) is 4.79 Å². The average molecular weight is 652 g/mol. The Labute approximate surface area is 231 Å². The van der Waals surface area contributed by atoms with E-state index in [1.165, 1.54) is 24.3 Å². The Kier molecular flexibility index (Phi) is 8.99. The van der Waals surface area contributed by atoms with Gasteiger partial charge in [0.05, 0.1) is 26.4 Å². The minimum atomic E-state index is -4.67. The molecule has 2 aromatic carbocycles. The highest BCUT2D eigenvalue weighted by Gasteiger charge is 2.51. The van der Waals surface area contributed by atoms with Crippen molar-refractivity contribution in [3.63, 3.8) is 0 Å². The van der Waals surface area contributed by atoms with E-state index in [0.29, 0.717) is 5.56 Å². The molecule has 200 valence electrons. The monoisotopic (exact) mass is 649 g/mol. The van der Waals surface area contributed by atoms with E-state index in [1.54, 1.807) is 0 Å². The maximum absolute atomic E-state index is 13.8. The summed E-state index contributed by atoms with van der Waals surface area (Å²) < 4.78 is 78.7. The molecule has 0 aromatic heterocycles. The third kappa shape index (κ3) is 7.65. The van der Waals surface area contributed by atoms with Gasteiger partial charge in [-0.15, -0.1) is 0 Å². The number of allylic oxidation sites excluding steroid dienone is 1. The van der Waals surface area contributed by atoms with Crippen LogP contribution >= 0.6 is 50.7 Å². The molecule has 1 aliphatic rings. The largest absolute Gasteiger partial charge is 0.405 e. The van der Waals surface area contributed by atoms with E-state index in [1.807, 2.05) is 5.32 Å². The number of rotatable bonds is 8. The second-order valence-corrected chi connectivity index (χ2v) is 10.6. The van der Waals surface area contributed by atoms with Crippen molar-refractivity contribution in [2.75, 3.05) is 6.54 Å². The van der Waals surface area contributed by atoms with Gasteiger partial charge in [-0.25, -0.2) is 0 Å². The number of halogens is 10. The van der Waals surface area contributed by atoms with Gasteiger partial charge in [0.2, 0.25) is 5.91 Å². The highest BCUT2D eigenvalue weighted by molar-refractivity contribution is 9.10. The van der Waals surface area contributed by atoms with Crippen LogP contribution in [0.4, 0.5) is 26.3 Å². The van der Waals surface area contributed by atoms with Gasteiger partial charge in [0.25, 0.3) is 0 Å². The molecule has 0 heterocycles. The number of nitrogens with one attached hydrogen (secondary N) is 1. The van der Waals surface area contributed by atoms with Gasteiger partial charge in [0.15, 0.2) is 5.78 Å². The van der Waals surface area contributed by atoms with Crippen molar-refractivity contribution in [3.8, 4) is 0 Å². The predicted octanol–water partition coefficient (Wildman–Crippen LogP) is 8.80. The van der Waals surface area contributed by atoms with Crippen LogP contribution in [0.5, 0.6) is 0 Å². The second-order valence-electron chi connectivity index (χ2n) is 8.59. The molecule has 2 aromatic rings. The zero-order chi connectivity index (χ0) is 27.8. The van der Waals surface area contributed by atoms with E-state index in [4.69, 9.17) is 34.8 Å². The van der Waals surface area contributed by atoms with Crippen LogP contribution in [0.25, 0.3) is 6.08 Å². The summed E-state index contributed by atoms with van der Waals surface area (Å²) in [4.78, 5) is 25.0. The predicted molar refractivity (Wildman–Crippen MR) is 133 cm³/mol. The molecule has 0 saturated heterocycles. The molecule has 1 amide bonds. The van der Waals surface area contributed by atoms with E-state index in [0.717, 1.165) is 18.2 Å². The van der Waals surface area contributed by atoms with Crippen LogP contribution in [0.1, 0.15) is 46.7 Å². The summed E-state index contributed by atoms with van der Waals surface area (Å²) in [6.45, 7) is -1.49. The first-order valence-electron chi connectivity index (χ1n) is 10.6. The van der Waals surface area contributed by atoms with Gasteiger partial charge < -0.3 is 5.32 Å². The van der Waals surface area contributed by atoms with Gasteiger partial charge in [-0.3, -0.25) is 9.59 Å². The fourth-order valence-electron chi connectivity index (χ4n) is 3.64. The molecule has 3 rings (SSSR count). The summed E-state index contributed by atoms with van der Waals surface area (Å²) in [6, 6.07) is 6.35. The molecule has 0 bridgehead atoms. The van der Waals surface area contributed by atoms with Crippen molar-refractivity contribution in [2.24, 2.45) is 5.41 Å². The number of benzene rings is 2. The van der Waals surface area contributed by atoms with Gasteiger partial charge in [-0.05, 0) is 48.2 Å². The first-order valence-corrected chi connectivity index (χ1v) is 12.5. The van der Waals surface area contributed by atoms with E-state index in [2.05, 4.69) is 15.9 Å². The Morgan fingerprint density at radius 1 is 1.03 bits per heavy atom. The van der Waals surface area contributed by atoms with Crippen LogP contribution in [0.3, 0.4) is 0 Å². The fraction of sp³-hybridized carbons (Fsp3) is 0.333. The summed E-state index contributed by atoms with van der Waals surface area (Å²) in [5.74, 6) is -3.38. The molecule has 0 radical (unpaired) electrons. The quantitative estimate of drug-likeness (QED) is 0.176. The number of alkyl halides is 6. The number of amides is 1. The normalized spacial score (nSPS) is 16.1. The first-order chi connectivity index (χ1) is 17.0. The molecule has 1 fully saturated rings. The standard InChI is InChI=1S/C24H17BrCl3F6NO2/c25-16-7-12(2-4-15(24(32,33)34)13-8-17(26)20(28)18(27)9-13)1-3-14(16)19(36)10-22(5-6-22)21(37)35-11-23(29,30)31/h1-4,7-9,15H,5-6,10-11H2,(H,35,37)/b4-2+. The van der Waals surface area contributed by atoms with Crippen molar-refractivity contribution < 1.29 is 35.9 Å². The Morgan fingerprint density at radius 3 is 2.11 bits per heavy atom. The number of ketones is 1. The van der Waals surface area contributed by atoms with Crippen molar-refractivity contribution >= 4 is 68.5 Å². The Morgan fingerprint density at radius 2 is 1.62 bits per heavy atom. The molecule has 3 nitrogen and oxygen atoms in total. The van der Waals surface area contributed by atoms with Crippen LogP contribution in [0.15, 0.2) is 40.9 Å². The third-order valence-corrected chi connectivity index (χ3v) is 7.63. The lowest BCUT2D eigenvalue weighted by atomic mass is 9.93. The molecular weight excluding hydrogens is 635 g/mol. The molecule has 1 saturated carbocycles. The first kappa shape index (κ1) is 29.8. The number of hydrogen-bond donors (Lipinski definition) is 1. The van der Waals surface area contributed by atoms with Crippen LogP contribution in [0.2, 0.25) is 15.1 Å². The molecule has 1 N–H and O–H groups in total. The van der Waals surface area contributed by atoms with E-state index in [-0.39, 0.29) is 49.9 Å². The molecule has 1 aliphatic carbocycles. The Hall–Kier alpha value is -1.75. The Balaban J connectivity index is 1.76. The van der Waals surface area contributed by atoms with Gasteiger partial charge in [0, 0.05) is 16.5 Å². The van der Waals surface area contributed by atoms with Crippen LogP contribution in [0, 0.1) is 5.41 Å². The summed E-state index contributed by atoms with van der Waals surface area (Å²) in [7, 11) is 0. The highest BCUT2D eigenvalue weighted by atomic mass is 79.9. The molecule has 0 aliphatic heterocycles. The van der Waals surface area contributed by atoms with Crippen molar-refractivity contribution in [3.05, 3.63) is 72.6 Å². The van der Waals surface area contributed by atoms with Crippen LogP contribution in [-0.4, -0.2) is 30.6 Å². The minimum Gasteiger partial charge on any atom is -0.346 e. The highest BCUT2D eigenvalue weighted by Crippen LogP contribution is 2.50. The minimum absolute atomic E-state index is 0.0630. The third-order valence-electron chi connectivity index (χ3n) is 5.78. The lowest BCUT2D eigenvalue weighted by Crippen LogP contribution is -2.39. The summed E-state index contributed by atoms with van der Waals surface area (Å²) in [6.07, 6.45) is -6.87. The topological polar surface area (TPSA) is 46.2 Å². The fourth-order valence-corrected chi connectivity index (χ4v) is 4.87. The summed E-state index contributed by atoms with van der Waals surface area (Å²) >= 11 is 20.8. The number of hydrogen-bond acceptors (Lipinski definition) is 2. The lowest BCUT2D eigenvalue weighted by Gasteiger charge is -2.18. The van der Waals surface area contributed by atoms with E-state index < -0.39 is 41.9 Å². The number of carbonyl (C=O) groups is 2. The smallest absolute Gasteiger partial charge is 0.346 e. The van der Waals surface area contributed by atoms with Crippen molar-refractivity contribution in [2.45, 2.75) is 37.5 Å². The maximum atomic E-state index is 13.8. The van der Waals surface area contributed by atoms with Gasteiger partial charge in [0.1, 0.15) is 6.54 Å². The van der Waals surface area contributed by atoms with Crippen molar-refractivity contribution in [1.82, 2.24) is 5.32 Å². The molecule has 13 heteroatoms. The molecule has 0 spiro atoms. The van der Waals surface area contributed by atoms with Gasteiger partial charge in [-0.2, -0.15) is 26.3 Å². The van der Waals surface area contributed by atoms with E-state index >= 15 is 0 Å². The lowest BCUT2D eigenvalue weighted by molar-refractivity contribution is -0.141. The number of Topliss-reactive ketones (excluding diaryl/α,β-unsaturated/α-hetero) is 1. The van der Waals surface area contributed by atoms with Crippen molar-refractivity contribution in [1.29, 1.82) is 0 Å². The molecule has 1 atom stereocenters. The summed E-state index contributed by atoms with van der Waals surface area (Å²) in [5, 5.41) is 1.50. The van der Waals surface area contributed by atoms with Crippen LogP contribution < -0.4 is 5.32 Å². The maximum Gasteiger partial charge on any atom is 0.405 e. The molecule has 37 heavy (non-hydrogen) atoms.